The van der Waals surface area contributed by atoms with Crippen LogP contribution >= 0.6 is 0 Å². The van der Waals surface area contributed by atoms with E-state index < -0.39 is 5.79 Å². The Labute approximate surface area is 188 Å². The van der Waals surface area contributed by atoms with Gasteiger partial charge in [-0.3, -0.25) is 4.79 Å². The van der Waals surface area contributed by atoms with Crippen molar-refractivity contribution in [3.05, 3.63) is 66.2 Å². The third-order valence-corrected chi connectivity index (χ3v) is 6.16. The van der Waals surface area contributed by atoms with Crippen molar-refractivity contribution in [3.8, 4) is 0 Å². The summed E-state index contributed by atoms with van der Waals surface area (Å²) in [5, 5.41) is 2.96. The maximum atomic E-state index is 12.8. The topological polar surface area (TPSA) is 77.1 Å². The fourth-order valence-electron chi connectivity index (χ4n) is 4.39. The molecule has 2 aromatic rings. The number of rotatable bonds is 6. The lowest BCUT2D eigenvalue weighted by Crippen LogP contribution is -2.55. The molecule has 2 fully saturated rings. The van der Waals surface area contributed by atoms with Crippen molar-refractivity contribution in [1.82, 2.24) is 4.90 Å². The predicted octanol–water partition coefficient (Wildman–Crippen LogP) is 4.05. The van der Waals surface area contributed by atoms with Crippen LogP contribution in [-0.4, -0.2) is 49.0 Å². The van der Waals surface area contributed by atoms with Crippen LogP contribution in [0.4, 0.5) is 10.5 Å². The lowest BCUT2D eigenvalue weighted by Gasteiger charge is -2.44. The van der Waals surface area contributed by atoms with Gasteiger partial charge in [0.1, 0.15) is 6.61 Å². The van der Waals surface area contributed by atoms with E-state index >= 15 is 0 Å². The van der Waals surface area contributed by atoms with Gasteiger partial charge in [-0.05, 0) is 24.1 Å². The van der Waals surface area contributed by atoms with Crippen molar-refractivity contribution < 1.29 is 23.8 Å². The molecule has 7 heteroatoms. The van der Waals surface area contributed by atoms with Gasteiger partial charge in [-0.25, -0.2) is 4.79 Å². The van der Waals surface area contributed by atoms with Crippen molar-refractivity contribution in [2.45, 2.75) is 32.2 Å². The zero-order chi connectivity index (χ0) is 22.4. The molecule has 2 aliphatic rings. The third kappa shape index (κ3) is 5.29. The molecule has 4 rings (SSSR count). The molecule has 2 aromatic carbocycles. The number of benzene rings is 2. The largest absolute Gasteiger partial charge is 0.445 e. The van der Waals surface area contributed by atoms with E-state index in [0.29, 0.717) is 39.1 Å². The number of anilines is 1. The Bertz CT molecular complexity index is 899. The van der Waals surface area contributed by atoms with Gasteiger partial charge in [0.15, 0.2) is 5.79 Å². The highest BCUT2D eigenvalue weighted by molar-refractivity contribution is 5.92. The van der Waals surface area contributed by atoms with Crippen LogP contribution < -0.4 is 5.32 Å². The second kappa shape index (κ2) is 10.1. The van der Waals surface area contributed by atoms with Gasteiger partial charge in [0.05, 0.1) is 13.2 Å². The van der Waals surface area contributed by atoms with E-state index in [4.69, 9.17) is 14.2 Å². The molecule has 0 aliphatic carbocycles. The summed E-state index contributed by atoms with van der Waals surface area (Å²) in [6.45, 7) is 4.10. The smallest absolute Gasteiger partial charge is 0.410 e. The average molecular weight is 439 g/mol. The minimum Gasteiger partial charge on any atom is -0.445 e. The maximum Gasteiger partial charge on any atom is 0.410 e. The van der Waals surface area contributed by atoms with E-state index in [0.717, 1.165) is 11.3 Å². The van der Waals surface area contributed by atoms with Crippen LogP contribution in [0.5, 0.6) is 0 Å². The van der Waals surface area contributed by atoms with Gasteiger partial charge in [0.2, 0.25) is 5.91 Å². The second-order valence-electron chi connectivity index (χ2n) is 8.43. The first kappa shape index (κ1) is 22.3. The molecule has 2 heterocycles. The first-order valence-corrected chi connectivity index (χ1v) is 11.2. The van der Waals surface area contributed by atoms with E-state index in [1.54, 1.807) is 4.90 Å². The number of nitrogens with zero attached hydrogens (tertiary/aromatic N) is 1. The third-order valence-electron chi connectivity index (χ3n) is 6.16. The van der Waals surface area contributed by atoms with Crippen molar-refractivity contribution in [1.29, 1.82) is 0 Å². The van der Waals surface area contributed by atoms with Gasteiger partial charge < -0.3 is 24.4 Å². The molecule has 2 amide bonds. The van der Waals surface area contributed by atoms with Gasteiger partial charge in [-0.2, -0.15) is 0 Å². The molecule has 170 valence electrons. The molecule has 32 heavy (non-hydrogen) atoms. The minimum absolute atomic E-state index is 0.0619. The molecule has 2 atom stereocenters. The SMILES string of the molecule is CC(CC1CN(C(=O)OCc2ccccc2)CCC12OCCO2)C(=O)Nc1ccccc1. The standard InChI is InChI=1S/C25H30N2O5/c1-19(23(28)26-22-10-6-3-7-11-22)16-21-17-27(13-12-25(21)31-14-15-32-25)24(29)30-18-20-8-4-2-5-9-20/h2-11,19,21H,12-18H2,1H3,(H,26,28). The summed E-state index contributed by atoms with van der Waals surface area (Å²) in [5.74, 6) is -1.20. The fourth-order valence-corrected chi connectivity index (χ4v) is 4.39. The van der Waals surface area contributed by atoms with Crippen molar-refractivity contribution in [3.63, 3.8) is 0 Å². The number of ether oxygens (including phenoxy) is 3. The molecule has 0 radical (unpaired) electrons. The molecule has 0 saturated carbocycles. The molecule has 7 nitrogen and oxygen atoms in total. The van der Waals surface area contributed by atoms with E-state index in [2.05, 4.69) is 5.32 Å². The van der Waals surface area contributed by atoms with Crippen LogP contribution in [0.3, 0.4) is 0 Å². The zero-order valence-electron chi connectivity index (χ0n) is 18.4. The van der Waals surface area contributed by atoms with Gasteiger partial charge in [0.25, 0.3) is 0 Å². The number of carbonyl (C=O) groups excluding carboxylic acids is 2. The van der Waals surface area contributed by atoms with Crippen LogP contribution in [0.15, 0.2) is 60.7 Å². The summed E-state index contributed by atoms with van der Waals surface area (Å²) in [7, 11) is 0. The molecule has 1 N–H and O–H groups in total. The number of amides is 2. The molecule has 0 aromatic heterocycles. The minimum atomic E-state index is -0.739. The maximum absolute atomic E-state index is 12.8. The first-order chi connectivity index (χ1) is 15.6. The molecule has 2 unspecified atom stereocenters. The summed E-state index contributed by atoms with van der Waals surface area (Å²) in [6, 6.07) is 19.0. The Morgan fingerprint density at radius 1 is 1.09 bits per heavy atom. The van der Waals surface area contributed by atoms with Gasteiger partial charge in [0, 0.05) is 37.0 Å². The van der Waals surface area contributed by atoms with Gasteiger partial charge >= 0.3 is 6.09 Å². The second-order valence-corrected chi connectivity index (χ2v) is 8.43. The summed E-state index contributed by atoms with van der Waals surface area (Å²) < 4.78 is 17.6. The highest BCUT2D eigenvalue weighted by atomic mass is 16.7. The number of hydrogen-bond acceptors (Lipinski definition) is 5. The Balaban J connectivity index is 1.38. The van der Waals surface area contributed by atoms with Crippen molar-refractivity contribution >= 4 is 17.7 Å². The molecular weight excluding hydrogens is 408 g/mol. The molecule has 2 saturated heterocycles. The Kier molecular flexibility index (Phi) is 7.07. The lowest BCUT2D eigenvalue weighted by atomic mass is 9.83. The fraction of sp³-hybridized carbons (Fsp3) is 0.440. The number of para-hydroxylation sites is 1. The molecule has 1 spiro atoms. The summed E-state index contributed by atoms with van der Waals surface area (Å²) >= 11 is 0. The number of carbonyl (C=O) groups is 2. The van der Waals surface area contributed by atoms with Crippen LogP contribution in [-0.2, 0) is 25.6 Å². The van der Waals surface area contributed by atoms with Crippen molar-refractivity contribution in [2.24, 2.45) is 11.8 Å². The lowest BCUT2D eigenvalue weighted by molar-refractivity contribution is -0.221. The first-order valence-electron chi connectivity index (χ1n) is 11.2. The number of piperidine rings is 1. The van der Waals surface area contributed by atoms with Crippen LogP contribution in [0.2, 0.25) is 0 Å². The van der Waals surface area contributed by atoms with E-state index in [-0.39, 0.29) is 30.4 Å². The Hall–Kier alpha value is -2.90. The summed E-state index contributed by atoms with van der Waals surface area (Å²) in [5.41, 5.74) is 1.71. The Morgan fingerprint density at radius 2 is 1.75 bits per heavy atom. The van der Waals surface area contributed by atoms with E-state index in [1.807, 2.05) is 67.6 Å². The van der Waals surface area contributed by atoms with Crippen LogP contribution in [0.1, 0.15) is 25.3 Å². The monoisotopic (exact) mass is 438 g/mol. The average Bonchev–Trinajstić information content (AvgIpc) is 3.29. The highest BCUT2D eigenvalue weighted by Gasteiger charge is 2.49. The van der Waals surface area contributed by atoms with Gasteiger partial charge in [-0.1, -0.05) is 55.5 Å². The number of hydrogen-bond donors (Lipinski definition) is 1. The summed E-state index contributed by atoms with van der Waals surface area (Å²) in [4.78, 5) is 27.2. The van der Waals surface area contributed by atoms with E-state index in [1.165, 1.54) is 0 Å². The number of nitrogens with one attached hydrogen (secondary N) is 1. The normalized spacial score (nSPS) is 20.7. The van der Waals surface area contributed by atoms with Crippen LogP contribution in [0.25, 0.3) is 0 Å². The summed E-state index contributed by atoms with van der Waals surface area (Å²) in [6.07, 6.45) is 0.750. The quantitative estimate of drug-likeness (QED) is 0.736. The highest BCUT2D eigenvalue weighted by Crippen LogP contribution is 2.39. The van der Waals surface area contributed by atoms with Crippen molar-refractivity contribution in [2.75, 3.05) is 31.6 Å². The van der Waals surface area contributed by atoms with Crippen LogP contribution in [0, 0.1) is 11.8 Å². The Morgan fingerprint density at radius 3 is 2.44 bits per heavy atom. The molecular formula is C25H30N2O5. The zero-order valence-corrected chi connectivity index (χ0v) is 18.4. The number of likely N-dealkylation sites (tertiary alicyclic amines) is 1. The molecule has 2 aliphatic heterocycles. The predicted molar refractivity (Wildman–Crippen MR) is 120 cm³/mol. The molecule has 0 bridgehead atoms. The van der Waals surface area contributed by atoms with Gasteiger partial charge in [-0.15, -0.1) is 0 Å². The van der Waals surface area contributed by atoms with E-state index in [9.17, 15) is 9.59 Å².